The van der Waals surface area contributed by atoms with Gasteiger partial charge in [0.15, 0.2) is 5.82 Å². The van der Waals surface area contributed by atoms with Crippen LogP contribution in [0.3, 0.4) is 0 Å². The fourth-order valence-corrected chi connectivity index (χ4v) is 3.66. The Morgan fingerprint density at radius 3 is 2.46 bits per heavy atom. The predicted molar refractivity (Wildman–Crippen MR) is 101 cm³/mol. The van der Waals surface area contributed by atoms with Crippen LogP contribution in [0.25, 0.3) is 0 Å². The van der Waals surface area contributed by atoms with Gasteiger partial charge in [0, 0.05) is 6.20 Å². The fraction of sp³-hybridized carbons (Fsp3) is 0.167. The van der Waals surface area contributed by atoms with Gasteiger partial charge in [0.25, 0.3) is 10.0 Å². The van der Waals surface area contributed by atoms with Gasteiger partial charge in [-0.25, -0.2) is 8.42 Å². The first kappa shape index (κ1) is 18.3. The molecular formula is C18H18ClN3O3S. The molecule has 3 rings (SSSR count). The molecule has 2 aromatic carbocycles. The van der Waals surface area contributed by atoms with Crippen molar-refractivity contribution in [3.8, 4) is 5.75 Å². The lowest BCUT2D eigenvalue weighted by atomic mass is 10.2. The molecule has 3 aromatic rings. The van der Waals surface area contributed by atoms with Crippen LogP contribution in [0.1, 0.15) is 12.5 Å². The third kappa shape index (κ3) is 4.36. The van der Waals surface area contributed by atoms with E-state index in [2.05, 4.69) is 9.82 Å². The molecule has 0 aliphatic heterocycles. The summed E-state index contributed by atoms with van der Waals surface area (Å²) in [5.74, 6) is 0.702. The van der Waals surface area contributed by atoms with Crippen molar-refractivity contribution < 1.29 is 13.2 Å². The van der Waals surface area contributed by atoms with Crippen LogP contribution < -0.4 is 9.46 Å². The van der Waals surface area contributed by atoms with E-state index in [0.29, 0.717) is 18.9 Å². The summed E-state index contributed by atoms with van der Waals surface area (Å²) >= 11 is 6.14. The maximum Gasteiger partial charge on any atom is 0.263 e. The zero-order chi connectivity index (χ0) is 18.6. The standard InChI is InChI=1S/C18H18ClN3O3S/c1-2-25-15-8-10-16(11-9-15)26(23,24)21-18-17(19)13-22(20-18)12-14-6-4-3-5-7-14/h3-11,13H,2,12H2,1H3,(H,20,21). The van der Waals surface area contributed by atoms with Gasteiger partial charge in [0.05, 0.1) is 18.0 Å². The van der Waals surface area contributed by atoms with Gasteiger partial charge in [0.1, 0.15) is 10.8 Å². The van der Waals surface area contributed by atoms with Crippen LogP contribution in [0.5, 0.6) is 5.75 Å². The van der Waals surface area contributed by atoms with Crippen molar-refractivity contribution in [2.45, 2.75) is 18.4 Å². The van der Waals surface area contributed by atoms with Gasteiger partial charge in [-0.15, -0.1) is 0 Å². The average Bonchev–Trinajstić information content (AvgIpc) is 2.95. The fourth-order valence-electron chi connectivity index (χ4n) is 2.39. The summed E-state index contributed by atoms with van der Waals surface area (Å²) in [6, 6.07) is 15.9. The molecule has 0 spiro atoms. The molecule has 1 heterocycles. The van der Waals surface area contributed by atoms with E-state index in [1.807, 2.05) is 37.3 Å². The number of hydrogen-bond donors (Lipinski definition) is 1. The smallest absolute Gasteiger partial charge is 0.263 e. The topological polar surface area (TPSA) is 73.2 Å². The molecule has 0 aliphatic carbocycles. The maximum absolute atomic E-state index is 12.5. The lowest BCUT2D eigenvalue weighted by molar-refractivity contribution is 0.340. The molecule has 136 valence electrons. The highest BCUT2D eigenvalue weighted by atomic mass is 35.5. The summed E-state index contributed by atoms with van der Waals surface area (Å²) in [4.78, 5) is 0.106. The number of halogens is 1. The number of anilines is 1. The van der Waals surface area contributed by atoms with Gasteiger partial charge >= 0.3 is 0 Å². The van der Waals surface area contributed by atoms with Gasteiger partial charge < -0.3 is 4.74 Å². The molecule has 0 unspecified atom stereocenters. The lowest BCUT2D eigenvalue weighted by Crippen LogP contribution is -2.14. The first-order valence-corrected chi connectivity index (χ1v) is 9.86. The molecule has 0 saturated carbocycles. The molecule has 0 bridgehead atoms. The van der Waals surface area contributed by atoms with Crippen molar-refractivity contribution in [2.75, 3.05) is 11.3 Å². The summed E-state index contributed by atoms with van der Waals surface area (Å²) in [7, 11) is -3.79. The Kier molecular flexibility index (Phi) is 5.49. The molecule has 1 N–H and O–H groups in total. The summed E-state index contributed by atoms with van der Waals surface area (Å²) < 4.78 is 34.4. The summed E-state index contributed by atoms with van der Waals surface area (Å²) in [6.07, 6.45) is 1.59. The summed E-state index contributed by atoms with van der Waals surface area (Å²) in [5.41, 5.74) is 1.03. The third-order valence-corrected chi connectivity index (χ3v) is 5.21. The van der Waals surface area contributed by atoms with Crippen LogP contribution in [0.2, 0.25) is 5.02 Å². The van der Waals surface area contributed by atoms with Gasteiger partial charge in [-0.3, -0.25) is 9.40 Å². The highest BCUT2D eigenvalue weighted by molar-refractivity contribution is 7.92. The Balaban J connectivity index is 1.77. The second kappa shape index (κ2) is 7.80. The van der Waals surface area contributed by atoms with Crippen LogP contribution in [-0.2, 0) is 16.6 Å². The minimum Gasteiger partial charge on any atom is -0.494 e. The first-order valence-electron chi connectivity index (χ1n) is 8.00. The first-order chi connectivity index (χ1) is 12.5. The third-order valence-electron chi connectivity index (χ3n) is 3.58. The number of ether oxygens (including phenoxy) is 1. The van der Waals surface area contributed by atoms with Gasteiger partial charge in [-0.05, 0) is 36.8 Å². The predicted octanol–water partition coefficient (Wildman–Crippen LogP) is 3.78. The molecule has 0 atom stereocenters. The van der Waals surface area contributed by atoms with Gasteiger partial charge in [0.2, 0.25) is 0 Å². The molecule has 8 heteroatoms. The van der Waals surface area contributed by atoms with E-state index in [1.54, 1.807) is 23.0 Å². The van der Waals surface area contributed by atoms with Crippen molar-refractivity contribution in [1.29, 1.82) is 0 Å². The highest BCUT2D eigenvalue weighted by Gasteiger charge is 2.18. The number of aromatic nitrogens is 2. The Morgan fingerprint density at radius 1 is 1.12 bits per heavy atom. The Bertz CT molecular complexity index is 971. The molecule has 1 aromatic heterocycles. The quantitative estimate of drug-likeness (QED) is 0.665. The summed E-state index contributed by atoms with van der Waals surface area (Å²) in [5, 5.41) is 4.46. The zero-order valence-electron chi connectivity index (χ0n) is 14.1. The molecule has 0 fully saturated rings. The normalized spacial score (nSPS) is 11.3. The largest absolute Gasteiger partial charge is 0.494 e. The van der Waals surface area contributed by atoms with Crippen LogP contribution >= 0.6 is 11.6 Å². The zero-order valence-corrected chi connectivity index (χ0v) is 15.7. The van der Waals surface area contributed by atoms with Crippen molar-refractivity contribution >= 4 is 27.4 Å². The van der Waals surface area contributed by atoms with Crippen molar-refractivity contribution in [1.82, 2.24) is 9.78 Å². The van der Waals surface area contributed by atoms with Crippen LogP contribution in [0.4, 0.5) is 5.82 Å². The van der Waals surface area contributed by atoms with E-state index >= 15 is 0 Å². The number of hydrogen-bond acceptors (Lipinski definition) is 4. The van der Waals surface area contributed by atoms with Crippen LogP contribution in [0, 0.1) is 0 Å². The maximum atomic E-state index is 12.5. The highest BCUT2D eigenvalue weighted by Crippen LogP contribution is 2.24. The second-order valence-electron chi connectivity index (χ2n) is 5.52. The molecule has 0 aliphatic rings. The number of rotatable bonds is 7. The minimum atomic E-state index is -3.79. The van der Waals surface area contributed by atoms with E-state index in [4.69, 9.17) is 16.3 Å². The van der Waals surface area contributed by atoms with E-state index in [0.717, 1.165) is 5.56 Å². The molecule has 0 saturated heterocycles. The number of benzene rings is 2. The second-order valence-corrected chi connectivity index (χ2v) is 7.61. The molecule has 0 radical (unpaired) electrons. The van der Waals surface area contributed by atoms with Crippen molar-refractivity contribution in [3.05, 3.63) is 71.4 Å². The molecule has 6 nitrogen and oxygen atoms in total. The number of sulfonamides is 1. The van der Waals surface area contributed by atoms with Gasteiger partial charge in [-0.2, -0.15) is 5.10 Å². The van der Waals surface area contributed by atoms with E-state index in [9.17, 15) is 8.42 Å². The van der Waals surface area contributed by atoms with Crippen LogP contribution in [0.15, 0.2) is 65.7 Å². The number of nitrogens with one attached hydrogen (secondary N) is 1. The SMILES string of the molecule is CCOc1ccc(S(=O)(=O)Nc2nn(Cc3ccccc3)cc2Cl)cc1. The molecule has 26 heavy (non-hydrogen) atoms. The monoisotopic (exact) mass is 391 g/mol. The lowest BCUT2D eigenvalue weighted by Gasteiger charge is -2.07. The van der Waals surface area contributed by atoms with E-state index in [-0.39, 0.29) is 15.7 Å². The van der Waals surface area contributed by atoms with E-state index in [1.165, 1.54) is 12.1 Å². The summed E-state index contributed by atoms with van der Waals surface area (Å²) in [6.45, 7) is 2.87. The van der Waals surface area contributed by atoms with Crippen molar-refractivity contribution in [2.24, 2.45) is 0 Å². The van der Waals surface area contributed by atoms with Crippen LogP contribution in [-0.4, -0.2) is 24.8 Å². The molecular weight excluding hydrogens is 374 g/mol. The Morgan fingerprint density at radius 2 is 1.81 bits per heavy atom. The van der Waals surface area contributed by atoms with Crippen molar-refractivity contribution in [3.63, 3.8) is 0 Å². The van der Waals surface area contributed by atoms with Gasteiger partial charge in [-0.1, -0.05) is 41.9 Å². The van der Waals surface area contributed by atoms with E-state index < -0.39 is 10.0 Å². The Hall–Kier alpha value is -2.51. The minimum absolute atomic E-state index is 0.0940. The number of nitrogens with zero attached hydrogens (tertiary/aromatic N) is 2. The molecule has 0 amide bonds. The average molecular weight is 392 g/mol. The Labute approximate surface area is 157 Å².